The monoisotopic (exact) mass is 200 g/mol. The van der Waals surface area contributed by atoms with Crippen molar-refractivity contribution in [2.24, 2.45) is 11.1 Å². The van der Waals surface area contributed by atoms with Gasteiger partial charge in [0.25, 0.3) is 0 Å². The number of amides is 1. The van der Waals surface area contributed by atoms with Crippen molar-refractivity contribution in [3.8, 4) is 0 Å². The van der Waals surface area contributed by atoms with E-state index in [0.717, 1.165) is 6.42 Å². The number of hydrogen-bond donors (Lipinski definition) is 2. The van der Waals surface area contributed by atoms with E-state index < -0.39 is 5.41 Å². The van der Waals surface area contributed by atoms with Crippen molar-refractivity contribution in [3.05, 3.63) is 12.8 Å². The Hall–Kier alpha value is -1.03. The zero-order valence-electron chi connectivity index (χ0n) is 9.01. The molecule has 4 nitrogen and oxygen atoms in total. The van der Waals surface area contributed by atoms with Crippen LogP contribution in [0.1, 0.15) is 20.3 Å². The molecular formula is C10H20N2O2. The first-order chi connectivity index (χ1) is 6.54. The van der Waals surface area contributed by atoms with E-state index in [1.165, 1.54) is 6.26 Å². The van der Waals surface area contributed by atoms with Gasteiger partial charge in [0.2, 0.25) is 5.91 Å². The molecule has 0 fully saturated rings. The van der Waals surface area contributed by atoms with Gasteiger partial charge in [-0.3, -0.25) is 4.79 Å². The van der Waals surface area contributed by atoms with Gasteiger partial charge in [-0.2, -0.15) is 0 Å². The maximum Gasteiger partial charge on any atom is 0.226 e. The largest absolute Gasteiger partial charge is 0.502 e. The summed E-state index contributed by atoms with van der Waals surface area (Å²) in [7, 11) is 0. The number of hydrogen-bond acceptors (Lipinski definition) is 3. The minimum absolute atomic E-state index is 0.0152. The Labute approximate surface area is 85.5 Å². The highest BCUT2D eigenvalue weighted by molar-refractivity contribution is 5.81. The molecule has 0 aromatic rings. The van der Waals surface area contributed by atoms with Crippen molar-refractivity contribution < 1.29 is 9.53 Å². The van der Waals surface area contributed by atoms with Crippen LogP contribution in [0.3, 0.4) is 0 Å². The molecule has 0 bridgehead atoms. The molecule has 0 atom stereocenters. The summed E-state index contributed by atoms with van der Waals surface area (Å²) < 4.78 is 4.92. The lowest BCUT2D eigenvalue weighted by atomic mass is 9.93. The average Bonchev–Trinajstić information content (AvgIpc) is 2.17. The summed E-state index contributed by atoms with van der Waals surface area (Å²) in [6.07, 6.45) is 2.17. The van der Waals surface area contributed by atoms with Gasteiger partial charge >= 0.3 is 0 Å². The van der Waals surface area contributed by atoms with Crippen LogP contribution in [0.2, 0.25) is 0 Å². The third-order valence-electron chi connectivity index (χ3n) is 1.97. The van der Waals surface area contributed by atoms with Crippen molar-refractivity contribution >= 4 is 5.91 Å². The van der Waals surface area contributed by atoms with Crippen molar-refractivity contribution in [1.82, 2.24) is 5.32 Å². The minimum Gasteiger partial charge on any atom is -0.502 e. The molecule has 3 N–H and O–H groups in total. The molecule has 0 unspecified atom stereocenters. The van der Waals surface area contributed by atoms with Gasteiger partial charge < -0.3 is 15.8 Å². The highest BCUT2D eigenvalue weighted by Crippen LogP contribution is 2.11. The summed E-state index contributed by atoms with van der Waals surface area (Å²) in [5, 5.41) is 2.80. The number of carbonyl (C=O) groups is 1. The summed E-state index contributed by atoms with van der Waals surface area (Å²) in [6, 6.07) is 0. The molecule has 0 rings (SSSR count). The van der Waals surface area contributed by atoms with Gasteiger partial charge in [0.1, 0.15) is 0 Å². The van der Waals surface area contributed by atoms with E-state index in [-0.39, 0.29) is 5.91 Å². The van der Waals surface area contributed by atoms with Gasteiger partial charge in [-0.25, -0.2) is 0 Å². The van der Waals surface area contributed by atoms with E-state index in [4.69, 9.17) is 10.5 Å². The van der Waals surface area contributed by atoms with E-state index in [2.05, 4.69) is 11.9 Å². The molecule has 0 aromatic heterocycles. The minimum atomic E-state index is -0.487. The second-order valence-corrected chi connectivity index (χ2v) is 3.73. The number of carbonyl (C=O) groups excluding carboxylic acids is 1. The zero-order chi connectivity index (χ0) is 11.0. The van der Waals surface area contributed by atoms with Crippen LogP contribution in [-0.4, -0.2) is 25.6 Å². The highest BCUT2D eigenvalue weighted by atomic mass is 16.5. The zero-order valence-corrected chi connectivity index (χ0v) is 9.01. The van der Waals surface area contributed by atoms with E-state index >= 15 is 0 Å². The number of ether oxygens (including phenoxy) is 1. The quantitative estimate of drug-likeness (QED) is 0.468. The second-order valence-electron chi connectivity index (χ2n) is 3.73. The third kappa shape index (κ3) is 4.87. The van der Waals surface area contributed by atoms with E-state index in [1.807, 2.05) is 13.8 Å². The van der Waals surface area contributed by atoms with Crippen molar-refractivity contribution in [2.75, 3.05) is 19.7 Å². The van der Waals surface area contributed by atoms with E-state index in [1.54, 1.807) is 0 Å². The fourth-order valence-corrected chi connectivity index (χ4v) is 0.773. The molecule has 0 spiro atoms. The fraction of sp³-hybridized carbons (Fsp3) is 0.700. The SMILES string of the molecule is C=COCCCNC(=O)C(C)(C)CN. The van der Waals surface area contributed by atoms with Crippen LogP contribution in [0.5, 0.6) is 0 Å². The third-order valence-corrected chi connectivity index (χ3v) is 1.97. The molecule has 1 amide bonds. The van der Waals surface area contributed by atoms with Crippen LogP contribution in [0.15, 0.2) is 12.8 Å². The Morgan fingerprint density at radius 2 is 2.29 bits per heavy atom. The lowest BCUT2D eigenvalue weighted by molar-refractivity contribution is -0.128. The maximum absolute atomic E-state index is 11.5. The summed E-state index contributed by atoms with van der Waals surface area (Å²) in [5.41, 5.74) is 4.97. The predicted octanol–water partition coefficient (Wildman–Crippen LogP) is 0.638. The van der Waals surface area contributed by atoms with Gasteiger partial charge in [0, 0.05) is 13.1 Å². The van der Waals surface area contributed by atoms with Crippen LogP contribution in [-0.2, 0) is 9.53 Å². The summed E-state index contributed by atoms with van der Waals surface area (Å²) in [4.78, 5) is 11.5. The summed E-state index contributed by atoms with van der Waals surface area (Å²) in [5.74, 6) is -0.0152. The molecule has 14 heavy (non-hydrogen) atoms. The van der Waals surface area contributed by atoms with Crippen LogP contribution < -0.4 is 11.1 Å². The summed E-state index contributed by atoms with van der Waals surface area (Å²) >= 11 is 0. The van der Waals surface area contributed by atoms with Crippen LogP contribution in [0.4, 0.5) is 0 Å². The lowest BCUT2D eigenvalue weighted by Gasteiger charge is -2.21. The Bertz CT molecular complexity index is 191. The molecule has 82 valence electrons. The smallest absolute Gasteiger partial charge is 0.226 e. The Kier molecular flexibility index (Phi) is 5.95. The van der Waals surface area contributed by atoms with Gasteiger partial charge in [0.05, 0.1) is 18.3 Å². The van der Waals surface area contributed by atoms with Crippen molar-refractivity contribution in [2.45, 2.75) is 20.3 Å². The molecule has 0 aliphatic carbocycles. The summed E-state index contributed by atoms with van der Waals surface area (Å²) in [6.45, 7) is 8.60. The fourth-order valence-electron chi connectivity index (χ4n) is 0.773. The van der Waals surface area contributed by atoms with Crippen LogP contribution >= 0.6 is 0 Å². The molecule has 4 heteroatoms. The van der Waals surface area contributed by atoms with E-state index in [0.29, 0.717) is 19.7 Å². The number of nitrogens with one attached hydrogen (secondary N) is 1. The van der Waals surface area contributed by atoms with Gasteiger partial charge in [-0.05, 0) is 20.3 Å². The Balaban J connectivity index is 3.59. The predicted molar refractivity (Wildman–Crippen MR) is 56.6 cm³/mol. The normalized spacial score (nSPS) is 10.8. The molecule has 0 radical (unpaired) electrons. The van der Waals surface area contributed by atoms with Crippen LogP contribution in [0, 0.1) is 5.41 Å². The topological polar surface area (TPSA) is 64.3 Å². The molecule has 0 aliphatic rings. The first-order valence-corrected chi connectivity index (χ1v) is 4.75. The Morgan fingerprint density at radius 1 is 1.64 bits per heavy atom. The van der Waals surface area contributed by atoms with Crippen molar-refractivity contribution in [3.63, 3.8) is 0 Å². The first kappa shape index (κ1) is 13.0. The molecule has 0 aliphatic heterocycles. The van der Waals surface area contributed by atoms with Gasteiger partial charge in [-0.15, -0.1) is 0 Å². The van der Waals surface area contributed by atoms with Crippen LogP contribution in [0.25, 0.3) is 0 Å². The van der Waals surface area contributed by atoms with Gasteiger partial charge in [0.15, 0.2) is 0 Å². The highest BCUT2D eigenvalue weighted by Gasteiger charge is 2.24. The second kappa shape index (κ2) is 6.43. The Morgan fingerprint density at radius 3 is 2.79 bits per heavy atom. The number of nitrogens with two attached hydrogens (primary N) is 1. The molecule has 0 saturated heterocycles. The van der Waals surface area contributed by atoms with Crippen molar-refractivity contribution in [1.29, 1.82) is 0 Å². The molecule has 0 heterocycles. The van der Waals surface area contributed by atoms with Gasteiger partial charge in [-0.1, -0.05) is 6.58 Å². The lowest BCUT2D eigenvalue weighted by Crippen LogP contribution is -2.42. The maximum atomic E-state index is 11.5. The first-order valence-electron chi connectivity index (χ1n) is 4.75. The molecule has 0 saturated carbocycles. The average molecular weight is 200 g/mol. The standard InChI is InChI=1S/C10H20N2O2/c1-4-14-7-5-6-12-9(13)10(2,3)8-11/h4H,1,5-8,11H2,2-3H3,(H,12,13). The molecule has 0 aromatic carbocycles. The van der Waals surface area contributed by atoms with E-state index in [9.17, 15) is 4.79 Å². The number of rotatable bonds is 7. The molecular weight excluding hydrogens is 180 g/mol.